The number of hydrogen-bond donors (Lipinski definition) is 1. The third-order valence-corrected chi connectivity index (χ3v) is 4.99. The lowest BCUT2D eigenvalue weighted by molar-refractivity contribution is -0.182. The van der Waals surface area contributed by atoms with E-state index in [2.05, 4.69) is 0 Å². The summed E-state index contributed by atoms with van der Waals surface area (Å²) in [6.45, 7) is 1.06. The number of aliphatic hydroxyl groups is 1. The molecule has 1 atom stereocenters. The van der Waals surface area contributed by atoms with Crippen LogP contribution in [0.2, 0.25) is 0 Å². The number of hydrogen-bond acceptors (Lipinski definition) is 5. The van der Waals surface area contributed by atoms with Gasteiger partial charge in [0.25, 0.3) is 0 Å². The summed E-state index contributed by atoms with van der Waals surface area (Å²) in [5.74, 6) is 1.26. The minimum absolute atomic E-state index is 0.277. The zero-order valence-corrected chi connectivity index (χ0v) is 10.3. The van der Waals surface area contributed by atoms with Gasteiger partial charge in [0, 0.05) is 19.0 Å². The molecule has 2 saturated heterocycles. The number of thioether (sulfide) groups is 1. The highest BCUT2D eigenvalue weighted by molar-refractivity contribution is 7.99. The van der Waals surface area contributed by atoms with Crippen LogP contribution in [0, 0.1) is 5.41 Å². The van der Waals surface area contributed by atoms with Crippen molar-refractivity contribution in [3.8, 4) is 0 Å². The average molecular weight is 246 g/mol. The second-order valence-electron chi connectivity index (χ2n) is 4.52. The lowest BCUT2D eigenvalue weighted by atomic mass is 9.66. The van der Waals surface area contributed by atoms with E-state index in [4.69, 9.17) is 9.47 Å². The van der Waals surface area contributed by atoms with E-state index in [1.165, 1.54) is 7.11 Å². The monoisotopic (exact) mass is 246 g/mol. The van der Waals surface area contributed by atoms with Crippen molar-refractivity contribution in [2.45, 2.75) is 24.9 Å². The van der Waals surface area contributed by atoms with Crippen LogP contribution in [0.3, 0.4) is 0 Å². The van der Waals surface area contributed by atoms with Crippen molar-refractivity contribution >= 4 is 17.7 Å². The molecule has 0 spiro atoms. The highest BCUT2D eigenvalue weighted by atomic mass is 32.2. The van der Waals surface area contributed by atoms with Crippen molar-refractivity contribution in [1.82, 2.24) is 0 Å². The van der Waals surface area contributed by atoms with Crippen molar-refractivity contribution in [3.63, 3.8) is 0 Å². The smallest absolute Gasteiger partial charge is 0.314 e. The molecule has 0 aliphatic carbocycles. The molecule has 0 bridgehead atoms. The van der Waals surface area contributed by atoms with Gasteiger partial charge in [-0.1, -0.05) is 0 Å². The quantitative estimate of drug-likeness (QED) is 0.731. The normalized spacial score (nSPS) is 33.6. The van der Waals surface area contributed by atoms with E-state index in [1.54, 1.807) is 11.8 Å². The Morgan fingerprint density at radius 3 is 2.56 bits per heavy atom. The predicted octanol–water partition coefficient (Wildman–Crippen LogP) is 0.824. The Bertz CT molecular complexity index is 267. The molecule has 92 valence electrons. The Morgan fingerprint density at radius 2 is 2.06 bits per heavy atom. The van der Waals surface area contributed by atoms with Crippen LogP contribution in [0.25, 0.3) is 0 Å². The van der Waals surface area contributed by atoms with Crippen LogP contribution >= 0.6 is 11.8 Å². The van der Waals surface area contributed by atoms with Gasteiger partial charge in [-0.25, -0.2) is 0 Å². The zero-order chi connectivity index (χ0) is 11.6. The summed E-state index contributed by atoms with van der Waals surface area (Å²) < 4.78 is 10.2. The number of carbonyl (C=O) groups is 1. The molecule has 0 aromatic carbocycles. The number of esters is 1. The molecule has 5 heteroatoms. The first kappa shape index (κ1) is 12.2. The summed E-state index contributed by atoms with van der Waals surface area (Å²) in [6.07, 6.45) is 1.81. The molecule has 0 saturated carbocycles. The molecule has 0 radical (unpaired) electrons. The molecule has 0 aromatic rings. The zero-order valence-electron chi connectivity index (χ0n) is 9.53. The molecule has 0 amide bonds. The van der Waals surface area contributed by atoms with E-state index in [0.717, 1.165) is 5.75 Å². The minimum atomic E-state index is -0.908. The van der Waals surface area contributed by atoms with Gasteiger partial charge in [-0.2, -0.15) is 11.8 Å². The Hall–Kier alpha value is -0.260. The maximum Gasteiger partial charge on any atom is 0.314 e. The lowest BCUT2D eigenvalue weighted by Crippen LogP contribution is -2.56. The fraction of sp³-hybridized carbons (Fsp3) is 0.909. The predicted molar refractivity (Wildman–Crippen MR) is 61.4 cm³/mol. The minimum Gasteiger partial charge on any atom is -0.469 e. The maximum absolute atomic E-state index is 12.0. The number of carbonyl (C=O) groups excluding carboxylic acids is 1. The maximum atomic E-state index is 12.0. The van der Waals surface area contributed by atoms with Gasteiger partial charge in [-0.05, 0) is 25.0 Å². The molecular formula is C11H18O4S. The molecule has 4 nitrogen and oxygen atoms in total. The third-order valence-electron chi connectivity index (χ3n) is 3.81. The summed E-state index contributed by atoms with van der Waals surface area (Å²) >= 11 is 1.70. The summed E-state index contributed by atoms with van der Waals surface area (Å²) in [7, 11) is 1.39. The topological polar surface area (TPSA) is 55.8 Å². The highest BCUT2D eigenvalue weighted by Crippen LogP contribution is 2.48. The summed E-state index contributed by atoms with van der Waals surface area (Å²) in [5, 5.41) is 10.7. The first-order valence-corrected chi connectivity index (χ1v) is 6.76. The Kier molecular flexibility index (Phi) is 3.47. The van der Waals surface area contributed by atoms with Crippen LogP contribution in [-0.2, 0) is 14.3 Å². The fourth-order valence-corrected chi connectivity index (χ4v) is 4.09. The second kappa shape index (κ2) is 4.55. The van der Waals surface area contributed by atoms with E-state index in [9.17, 15) is 9.90 Å². The largest absolute Gasteiger partial charge is 0.469 e. The fourth-order valence-electron chi connectivity index (χ4n) is 2.71. The van der Waals surface area contributed by atoms with Crippen molar-refractivity contribution in [2.75, 3.05) is 31.8 Å². The Labute approximate surface area is 99.7 Å². The van der Waals surface area contributed by atoms with Gasteiger partial charge in [-0.3, -0.25) is 4.79 Å². The molecule has 1 N–H and O–H groups in total. The van der Waals surface area contributed by atoms with E-state index in [0.29, 0.717) is 38.2 Å². The van der Waals surface area contributed by atoms with Crippen molar-refractivity contribution in [2.24, 2.45) is 5.41 Å². The van der Waals surface area contributed by atoms with Crippen LogP contribution < -0.4 is 0 Å². The van der Waals surface area contributed by atoms with Gasteiger partial charge in [0.1, 0.15) is 5.41 Å². The second-order valence-corrected chi connectivity index (χ2v) is 5.63. The van der Waals surface area contributed by atoms with E-state index < -0.39 is 11.0 Å². The van der Waals surface area contributed by atoms with E-state index >= 15 is 0 Å². The standard InChI is InChI=1S/C11H18O4S/c1-14-9(12)10(2-5-15-6-3-10)11(13)4-7-16-8-11/h13H,2-8H2,1H3. The molecule has 2 rings (SSSR count). The van der Waals surface area contributed by atoms with Crippen LogP contribution in [-0.4, -0.2) is 48.5 Å². The summed E-state index contributed by atoms with van der Waals surface area (Å²) in [5.41, 5.74) is -1.65. The van der Waals surface area contributed by atoms with Gasteiger partial charge in [0.05, 0.1) is 12.7 Å². The van der Waals surface area contributed by atoms with Crippen molar-refractivity contribution in [3.05, 3.63) is 0 Å². The van der Waals surface area contributed by atoms with Gasteiger partial charge < -0.3 is 14.6 Å². The lowest BCUT2D eigenvalue weighted by Gasteiger charge is -2.44. The third kappa shape index (κ3) is 1.75. The molecular weight excluding hydrogens is 228 g/mol. The summed E-state index contributed by atoms with van der Waals surface area (Å²) in [6, 6.07) is 0. The molecule has 16 heavy (non-hydrogen) atoms. The van der Waals surface area contributed by atoms with E-state index in [1.807, 2.05) is 0 Å². The molecule has 2 heterocycles. The number of ether oxygens (including phenoxy) is 2. The van der Waals surface area contributed by atoms with Gasteiger partial charge in [0.2, 0.25) is 0 Å². The van der Waals surface area contributed by atoms with Crippen LogP contribution in [0.1, 0.15) is 19.3 Å². The number of rotatable bonds is 2. The van der Waals surface area contributed by atoms with E-state index in [-0.39, 0.29) is 5.97 Å². The van der Waals surface area contributed by atoms with Gasteiger partial charge >= 0.3 is 5.97 Å². The summed E-state index contributed by atoms with van der Waals surface area (Å²) in [4.78, 5) is 12.0. The molecule has 2 aliphatic rings. The molecule has 2 aliphatic heterocycles. The highest BCUT2D eigenvalue weighted by Gasteiger charge is 2.58. The van der Waals surface area contributed by atoms with Crippen LogP contribution in [0.15, 0.2) is 0 Å². The molecule has 2 fully saturated rings. The molecule has 1 unspecified atom stereocenters. The van der Waals surface area contributed by atoms with Crippen LogP contribution in [0.5, 0.6) is 0 Å². The Morgan fingerprint density at radius 1 is 1.38 bits per heavy atom. The average Bonchev–Trinajstić information content (AvgIpc) is 2.77. The van der Waals surface area contributed by atoms with Crippen molar-refractivity contribution < 1.29 is 19.4 Å². The Balaban J connectivity index is 2.28. The first-order chi connectivity index (χ1) is 7.65. The van der Waals surface area contributed by atoms with Gasteiger partial charge in [-0.15, -0.1) is 0 Å². The molecule has 0 aromatic heterocycles. The SMILES string of the molecule is COC(=O)C1(C2(O)CCSC2)CCOCC1. The first-order valence-electron chi connectivity index (χ1n) is 5.61. The number of methoxy groups -OCH3 is 1. The van der Waals surface area contributed by atoms with Gasteiger partial charge in [0.15, 0.2) is 0 Å². The van der Waals surface area contributed by atoms with Crippen molar-refractivity contribution in [1.29, 1.82) is 0 Å². The van der Waals surface area contributed by atoms with Crippen LogP contribution in [0.4, 0.5) is 0 Å².